The van der Waals surface area contributed by atoms with Crippen LogP contribution in [-0.2, 0) is 5.75 Å². The summed E-state index contributed by atoms with van der Waals surface area (Å²) in [5.41, 5.74) is 8.75. The molecular formula is C20H14FN3OS2. The normalized spacial score (nSPS) is 11.0. The molecule has 0 saturated carbocycles. The topological polar surface area (TPSA) is 68.9 Å². The Labute approximate surface area is 163 Å². The fraction of sp³-hybridized carbons (Fsp3) is 0.0500. The van der Waals surface area contributed by atoms with Crippen molar-refractivity contribution < 1.29 is 9.18 Å². The molecule has 0 bridgehead atoms. The van der Waals surface area contributed by atoms with Crippen LogP contribution >= 0.6 is 23.1 Å². The highest BCUT2D eigenvalue weighted by molar-refractivity contribution is 7.98. The third-order valence-corrected chi connectivity index (χ3v) is 6.02. The van der Waals surface area contributed by atoms with Crippen molar-refractivity contribution in [2.24, 2.45) is 5.73 Å². The quantitative estimate of drug-likeness (QED) is 0.386. The number of halogens is 1. The van der Waals surface area contributed by atoms with E-state index in [1.807, 2.05) is 17.5 Å². The summed E-state index contributed by atoms with van der Waals surface area (Å²) in [6, 6.07) is 13.7. The van der Waals surface area contributed by atoms with Crippen LogP contribution in [0.4, 0.5) is 4.39 Å². The van der Waals surface area contributed by atoms with Gasteiger partial charge < -0.3 is 5.73 Å². The predicted octanol–water partition coefficient (Wildman–Crippen LogP) is 4.89. The molecule has 2 N–H and O–H groups in total. The Morgan fingerprint density at radius 2 is 1.96 bits per heavy atom. The largest absolute Gasteiger partial charge is 0.366 e. The average Bonchev–Trinajstić information content (AvgIpc) is 3.12. The molecular weight excluding hydrogens is 381 g/mol. The summed E-state index contributed by atoms with van der Waals surface area (Å²) in [7, 11) is 0. The number of nitrogens with zero attached hydrogens (tertiary/aromatic N) is 2. The fourth-order valence-electron chi connectivity index (χ4n) is 2.77. The highest BCUT2D eigenvalue weighted by Crippen LogP contribution is 2.38. The minimum atomic E-state index is -0.442. The number of amides is 1. The zero-order valence-electron chi connectivity index (χ0n) is 14.1. The number of fused-ring (bicyclic) bond motifs is 1. The first-order valence-corrected chi connectivity index (χ1v) is 9.98. The highest BCUT2D eigenvalue weighted by Gasteiger charge is 2.14. The molecule has 4 nitrogen and oxygen atoms in total. The van der Waals surface area contributed by atoms with Crippen LogP contribution in [0.1, 0.15) is 15.9 Å². The Morgan fingerprint density at radius 3 is 2.74 bits per heavy atom. The van der Waals surface area contributed by atoms with Gasteiger partial charge in [0.1, 0.15) is 22.0 Å². The number of carbonyl (C=O) groups excluding carboxylic acids is 1. The van der Waals surface area contributed by atoms with Crippen molar-refractivity contribution in [2.45, 2.75) is 10.8 Å². The van der Waals surface area contributed by atoms with Crippen molar-refractivity contribution in [3.8, 4) is 11.1 Å². The second-order valence-corrected chi connectivity index (χ2v) is 7.69. The number of hydrogen-bond donors (Lipinski definition) is 1. The summed E-state index contributed by atoms with van der Waals surface area (Å²) < 4.78 is 13.3. The van der Waals surface area contributed by atoms with Gasteiger partial charge in [0.25, 0.3) is 0 Å². The molecule has 0 radical (unpaired) electrons. The van der Waals surface area contributed by atoms with Gasteiger partial charge in [-0.15, -0.1) is 23.1 Å². The summed E-state index contributed by atoms with van der Waals surface area (Å²) in [4.78, 5) is 21.1. The van der Waals surface area contributed by atoms with Gasteiger partial charge in [0, 0.05) is 22.3 Å². The molecule has 2 aromatic heterocycles. The Kier molecular flexibility index (Phi) is 4.87. The van der Waals surface area contributed by atoms with Gasteiger partial charge >= 0.3 is 0 Å². The number of carbonyl (C=O) groups is 1. The highest BCUT2D eigenvalue weighted by atomic mass is 32.2. The van der Waals surface area contributed by atoms with Crippen LogP contribution in [0.3, 0.4) is 0 Å². The first kappa shape index (κ1) is 17.6. The van der Waals surface area contributed by atoms with E-state index in [-0.39, 0.29) is 5.82 Å². The van der Waals surface area contributed by atoms with Gasteiger partial charge in [0.05, 0.1) is 5.39 Å². The standard InChI is InChI=1S/C20H14FN3OS2/c21-15-6-4-13(5-7-15)16-10-27-20-17(16)19(23-11-24-20)26-9-12-2-1-3-14(8-12)18(22)25/h1-8,10-11H,9H2,(H2,22,25). The molecule has 0 saturated heterocycles. The number of aromatic nitrogens is 2. The van der Waals surface area contributed by atoms with E-state index in [0.29, 0.717) is 11.3 Å². The minimum absolute atomic E-state index is 0.265. The lowest BCUT2D eigenvalue weighted by Crippen LogP contribution is -2.10. The van der Waals surface area contributed by atoms with E-state index < -0.39 is 5.91 Å². The number of thiophene rings is 1. The number of thioether (sulfide) groups is 1. The van der Waals surface area contributed by atoms with Crippen LogP contribution in [0.2, 0.25) is 0 Å². The second kappa shape index (κ2) is 7.46. The smallest absolute Gasteiger partial charge is 0.248 e. The lowest BCUT2D eigenvalue weighted by atomic mass is 10.1. The van der Waals surface area contributed by atoms with E-state index in [2.05, 4.69) is 9.97 Å². The molecule has 4 rings (SSSR count). The summed E-state index contributed by atoms with van der Waals surface area (Å²) in [6.45, 7) is 0. The lowest BCUT2D eigenvalue weighted by Gasteiger charge is -2.06. The van der Waals surface area contributed by atoms with E-state index in [4.69, 9.17) is 5.73 Å². The van der Waals surface area contributed by atoms with Crippen LogP contribution in [-0.4, -0.2) is 15.9 Å². The van der Waals surface area contributed by atoms with Crippen molar-refractivity contribution in [1.82, 2.24) is 9.97 Å². The Hall–Kier alpha value is -2.77. The van der Waals surface area contributed by atoms with Gasteiger partial charge in [-0.1, -0.05) is 24.3 Å². The number of rotatable bonds is 5. The molecule has 0 fully saturated rings. The van der Waals surface area contributed by atoms with Crippen molar-refractivity contribution in [2.75, 3.05) is 0 Å². The van der Waals surface area contributed by atoms with Gasteiger partial charge in [-0.25, -0.2) is 14.4 Å². The third-order valence-electron chi connectivity index (χ3n) is 4.08. The summed E-state index contributed by atoms with van der Waals surface area (Å²) in [6.07, 6.45) is 1.55. The molecule has 7 heteroatoms. The van der Waals surface area contributed by atoms with Crippen LogP contribution in [0.5, 0.6) is 0 Å². The third kappa shape index (κ3) is 3.70. The van der Waals surface area contributed by atoms with E-state index in [1.54, 1.807) is 42.4 Å². The molecule has 0 spiro atoms. The molecule has 134 valence electrons. The van der Waals surface area contributed by atoms with Crippen LogP contribution in [0.15, 0.2) is 65.3 Å². The number of nitrogens with two attached hydrogens (primary N) is 1. The first-order chi connectivity index (χ1) is 13.1. The molecule has 27 heavy (non-hydrogen) atoms. The lowest BCUT2D eigenvalue weighted by molar-refractivity contribution is 0.1000. The number of benzene rings is 2. The SMILES string of the molecule is NC(=O)c1cccc(CSc2ncnc3scc(-c4ccc(F)cc4)c23)c1. The molecule has 0 unspecified atom stereocenters. The number of primary amides is 1. The van der Waals surface area contributed by atoms with E-state index in [1.165, 1.54) is 23.5 Å². The molecule has 4 aromatic rings. The molecule has 0 aliphatic carbocycles. The number of hydrogen-bond acceptors (Lipinski definition) is 5. The maximum Gasteiger partial charge on any atom is 0.248 e. The maximum absolute atomic E-state index is 13.3. The second-order valence-electron chi connectivity index (χ2n) is 5.87. The average molecular weight is 395 g/mol. The minimum Gasteiger partial charge on any atom is -0.366 e. The van der Waals surface area contributed by atoms with Crippen molar-refractivity contribution >= 4 is 39.2 Å². The van der Waals surface area contributed by atoms with Crippen LogP contribution in [0.25, 0.3) is 21.3 Å². The van der Waals surface area contributed by atoms with Crippen molar-refractivity contribution in [3.63, 3.8) is 0 Å². The fourth-order valence-corrected chi connectivity index (χ4v) is 4.70. The van der Waals surface area contributed by atoms with Gasteiger partial charge in [0.15, 0.2) is 0 Å². The zero-order chi connectivity index (χ0) is 18.8. The molecule has 0 aliphatic rings. The molecule has 0 aliphatic heterocycles. The van der Waals surface area contributed by atoms with Crippen LogP contribution in [0, 0.1) is 5.82 Å². The van der Waals surface area contributed by atoms with Gasteiger partial charge in [-0.05, 0) is 35.4 Å². The zero-order valence-corrected chi connectivity index (χ0v) is 15.7. The Balaban J connectivity index is 1.68. The monoisotopic (exact) mass is 395 g/mol. The molecule has 2 aromatic carbocycles. The van der Waals surface area contributed by atoms with E-state index in [0.717, 1.165) is 31.9 Å². The summed E-state index contributed by atoms with van der Waals surface area (Å²) >= 11 is 3.11. The first-order valence-electron chi connectivity index (χ1n) is 8.11. The molecule has 1 amide bonds. The van der Waals surface area contributed by atoms with Crippen LogP contribution < -0.4 is 5.73 Å². The molecule has 2 heterocycles. The molecule has 0 atom stereocenters. The summed E-state index contributed by atoms with van der Waals surface area (Å²) in [5, 5.41) is 3.83. The predicted molar refractivity (Wildman–Crippen MR) is 107 cm³/mol. The Morgan fingerprint density at radius 1 is 1.15 bits per heavy atom. The summed E-state index contributed by atoms with van der Waals surface area (Å²) in [5.74, 6) is -0.0625. The maximum atomic E-state index is 13.3. The van der Waals surface area contributed by atoms with E-state index in [9.17, 15) is 9.18 Å². The van der Waals surface area contributed by atoms with E-state index >= 15 is 0 Å². The van der Waals surface area contributed by atoms with Gasteiger partial charge in [0.2, 0.25) is 5.91 Å². The van der Waals surface area contributed by atoms with Gasteiger partial charge in [-0.2, -0.15) is 0 Å². The van der Waals surface area contributed by atoms with Crippen molar-refractivity contribution in [3.05, 3.63) is 77.2 Å². The van der Waals surface area contributed by atoms with Crippen molar-refractivity contribution in [1.29, 1.82) is 0 Å². The van der Waals surface area contributed by atoms with Gasteiger partial charge in [-0.3, -0.25) is 4.79 Å². The Bertz CT molecular complexity index is 1130.